The summed E-state index contributed by atoms with van der Waals surface area (Å²) in [6.45, 7) is 6.80. The minimum atomic E-state index is 0.155. The predicted molar refractivity (Wildman–Crippen MR) is 89.7 cm³/mol. The zero-order valence-electron chi connectivity index (χ0n) is 12.7. The zero-order valence-corrected chi connectivity index (χ0v) is 14.3. The highest BCUT2D eigenvalue weighted by atomic mass is 79.9. The van der Waals surface area contributed by atoms with Crippen LogP contribution in [0.4, 0.5) is 0 Å². The van der Waals surface area contributed by atoms with Crippen LogP contribution in [-0.2, 0) is 0 Å². The van der Waals surface area contributed by atoms with Crippen LogP contribution in [0.2, 0.25) is 0 Å². The van der Waals surface area contributed by atoms with Gasteiger partial charge in [-0.25, -0.2) is 0 Å². The number of hydrogen-bond donors (Lipinski definition) is 1. The first kappa shape index (κ1) is 16.0. The first-order valence-corrected chi connectivity index (χ1v) is 8.66. The van der Waals surface area contributed by atoms with Crippen molar-refractivity contribution in [3.8, 4) is 0 Å². The van der Waals surface area contributed by atoms with Crippen LogP contribution in [0.3, 0.4) is 0 Å². The Morgan fingerprint density at radius 2 is 2.15 bits per heavy atom. The van der Waals surface area contributed by atoms with Gasteiger partial charge < -0.3 is 5.73 Å². The van der Waals surface area contributed by atoms with Gasteiger partial charge >= 0.3 is 0 Å². The van der Waals surface area contributed by atoms with Crippen LogP contribution < -0.4 is 5.73 Å². The molecule has 1 heterocycles. The van der Waals surface area contributed by atoms with E-state index in [9.17, 15) is 0 Å². The molecule has 0 radical (unpaired) electrons. The maximum atomic E-state index is 6.31. The van der Waals surface area contributed by atoms with Gasteiger partial charge in [0.15, 0.2) is 0 Å². The number of nitrogens with two attached hydrogens (primary N) is 1. The molecule has 2 N–H and O–H groups in total. The Morgan fingerprint density at radius 3 is 2.80 bits per heavy atom. The van der Waals surface area contributed by atoms with Crippen molar-refractivity contribution in [2.45, 2.75) is 51.6 Å². The second-order valence-electron chi connectivity index (χ2n) is 6.10. The van der Waals surface area contributed by atoms with E-state index in [2.05, 4.69) is 58.9 Å². The summed E-state index contributed by atoms with van der Waals surface area (Å²) in [5, 5.41) is 0. The third kappa shape index (κ3) is 4.06. The lowest BCUT2D eigenvalue weighted by atomic mass is 9.97. The topological polar surface area (TPSA) is 29.3 Å². The number of rotatable bonds is 4. The highest BCUT2D eigenvalue weighted by molar-refractivity contribution is 9.10. The Hall–Kier alpha value is -0.380. The molecule has 2 rings (SSSR count). The van der Waals surface area contributed by atoms with Gasteiger partial charge in [-0.1, -0.05) is 41.4 Å². The summed E-state index contributed by atoms with van der Waals surface area (Å²) in [6, 6.07) is 9.11. The maximum absolute atomic E-state index is 6.31. The summed E-state index contributed by atoms with van der Waals surface area (Å²) in [6.07, 6.45) is 5.30. The minimum Gasteiger partial charge on any atom is -0.326 e. The monoisotopic (exact) mass is 338 g/mol. The summed E-state index contributed by atoms with van der Waals surface area (Å²) in [5.41, 5.74) is 7.65. The molecule has 1 fully saturated rings. The molecular formula is C17H27BrN2. The van der Waals surface area contributed by atoms with E-state index in [-0.39, 0.29) is 6.04 Å². The van der Waals surface area contributed by atoms with Crippen LogP contribution in [0.25, 0.3) is 0 Å². The van der Waals surface area contributed by atoms with Crippen molar-refractivity contribution >= 4 is 15.9 Å². The first-order valence-electron chi connectivity index (χ1n) is 7.87. The number of hydrogen-bond acceptors (Lipinski definition) is 2. The molecular weight excluding hydrogens is 312 g/mol. The van der Waals surface area contributed by atoms with Crippen LogP contribution in [0.15, 0.2) is 28.7 Å². The summed E-state index contributed by atoms with van der Waals surface area (Å²) in [4.78, 5) is 2.60. The molecule has 0 amide bonds. The van der Waals surface area contributed by atoms with Gasteiger partial charge in [-0.3, -0.25) is 4.90 Å². The fraction of sp³-hybridized carbons (Fsp3) is 0.647. The molecule has 0 aliphatic carbocycles. The number of benzene rings is 1. The van der Waals surface area contributed by atoms with Gasteiger partial charge in [0.05, 0.1) is 0 Å². The Morgan fingerprint density at radius 1 is 1.35 bits per heavy atom. The molecule has 0 saturated carbocycles. The number of halogens is 1. The van der Waals surface area contributed by atoms with E-state index in [1.807, 2.05) is 0 Å². The van der Waals surface area contributed by atoms with E-state index >= 15 is 0 Å². The second kappa shape index (κ2) is 7.58. The molecule has 3 atom stereocenters. The molecule has 0 bridgehead atoms. The average molecular weight is 339 g/mol. The first-order chi connectivity index (χ1) is 9.61. The van der Waals surface area contributed by atoms with Crippen molar-refractivity contribution in [3.05, 3.63) is 34.3 Å². The Balaban J connectivity index is 2.16. The highest BCUT2D eigenvalue weighted by Gasteiger charge is 2.26. The molecule has 2 nitrogen and oxygen atoms in total. The van der Waals surface area contributed by atoms with Crippen molar-refractivity contribution in [1.82, 2.24) is 4.90 Å². The van der Waals surface area contributed by atoms with Crippen molar-refractivity contribution in [1.29, 1.82) is 0 Å². The van der Waals surface area contributed by atoms with Gasteiger partial charge in [0, 0.05) is 16.6 Å². The minimum absolute atomic E-state index is 0.155. The third-order valence-electron chi connectivity index (χ3n) is 4.54. The molecule has 1 aliphatic heterocycles. The Bertz CT molecular complexity index is 419. The number of likely N-dealkylation sites (tertiary alicyclic amines) is 1. The van der Waals surface area contributed by atoms with Crippen LogP contribution >= 0.6 is 15.9 Å². The van der Waals surface area contributed by atoms with Crippen LogP contribution in [0.1, 0.15) is 51.1 Å². The van der Waals surface area contributed by atoms with E-state index < -0.39 is 0 Å². The standard InChI is InChI=1S/C17H27BrN2/c1-3-14-6-5-10-20(11-9-14)17(13(2)19)15-7-4-8-16(18)12-15/h4,7-8,12-14,17H,3,5-6,9-11,19H2,1-2H3. The lowest BCUT2D eigenvalue weighted by molar-refractivity contribution is 0.180. The molecule has 1 aromatic carbocycles. The zero-order chi connectivity index (χ0) is 14.5. The van der Waals surface area contributed by atoms with Crippen molar-refractivity contribution < 1.29 is 0 Å². The van der Waals surface area contributed by atoms with Crippen LogP contribution in [-0.4, -0.2) is 24.0 Å². The van der Waals surface area contributed by atoms with E-state index in [1.165, 1.54) is 44.3 Å². The summed E-state index contributed by atoms with van der Waals surface area (Å²) in [5.74, 6) is 0.899. The molecule has 1 aliphatic rings. The van der Waals surface area contributed by atoms with Crippen molar-refractivity contribution in [3.63, 3.8) is 0 Å². The molecule has 0 spiro atoms. The van der Waals surface area contributed by atoms with E-state index in [1.54, 1.807) is 0 Å². The summed E-state index contributed by atoms with van der Waals surface area (Å²) < 4.78 is 1.14. The van der Waals surface area contributed by atoms with E-state index in [4.69, 9.17) is 5.73 Å². The molecule has 0 aromatic heterocycles. The van der Waals surface area contributed by atoms with Gasteiger partial charge in [-0.2, -0.15) is 0 Å². The average Bonchev–Trinajstić information content (AvgIpc) is 2.64. The summed E-state index contributed by atoms with van der Waals surface area (Å²) >= 11 is 3.58. The van der Waals surface area contributed by atoms with Gasteiger partial charge in [0.25, 0.3) is 0 Å². The Labute approximate surface area is 131 Å². The fourth-order valence-corrected chi connectivity index (χ4v) is 3.83. The maximum Gasteiger partial charge on any atom is 0.0496 e. The van der Waals surface area contributed by atoms with Gasteiger partial charge in [-0.15, -0.1) is 0 Å². The van der Waals surface area contributed by atoms with Crippen molar-refractivity contribution in [2.24, 2.45) is 11.7 Å². The van der Waals surface area contributed by atoms with Crippen LogP contribution in [0, 0.1) is 5.92 Å². The van der Waals surface area contributed by atoms with Gasteiger partial charge in [0.2, 0.25) is 0 Å². The smallest absolute Gasteiger partial charge is 0.0496 e. The van der Waals surface area contributed by atoms with Gasteiger partial charge in [-0.05, 0) is 62.9 Å². The molecule has 3 heteroatoms. The van der Waals surface area contributed by atoms with Gasteiger partial charge in [0.1, 0.15) is 0 Å². The summed E-state index contributed by atoms with van der Waals surface area (Å²) in [7, 11) is 0. The molecule has 3 unspecified atom stereocenters. The molecule has 20 heavy (non-hydrogen) atoms. The molecule has 1 saturated heterocycles. The fourth-order valence-electron chi connectivity index (χ4n) is 3.41. The number of nitrogens with zero attached hydrogens (tertiary/aromatic N) is 1. The third-order valence-corrected chi connectivity index (χ3v) is 5.03. The van der Waals surface area contributed by atoms with E-state index in [0.29, 0.717) is 6.04 Å². The largest absolute Gasteiger partial charge is 0.326 e. The second-order valence-corrected chi connectivity index (χ2v) is 7.02. The predicted octanol–water partition coefficient (Wildman–Crippen LogP) is 4.35. The van der Waals surface area contributed by atoms with E-state index in [0.717, 1.165) is 10.4 Å². The molecule has 112 valence electrons. The normalized spacial score (nSPS) is 24.1. The molecule has 1 aromatic rings. The lowest BCUT2D eigenvalue weighted by Gasteiger charge is -2.34. The van der Waals surface area contributed by atoms with Crippen molar-refractivity contribution in [2.75, 3.05) is 13.1 Å². The Kier molecular flexibility index (Phi) is 6.06. The lowest BCUT2D eigenvalue weighted by Crippen LogP contribution is -2.40. The van der Waals surface area contributed by atoms with Crippen LogP contribution in [0.5, 0.6) is 0 Å². The highest BCUT2D eigenvalue weighted by Crippen LogP contribution is 2.30. The quantitative estimate of drug-likeness (QED) is 0.884. The SMILES string of the molecule is CCC1CCCN(C(c2cccc(Br)c2)C(C)N)CC1.